The van der Waals surface area contributed by atoms with Crippen LogP contribution in [-0.2, 0) is 10.0 Å². The number of nitro groups is 1. The molecule has 1 saturated heterocycles. The van der Waals surface area contributed by atoms with E-state index in [1.165, 1.54) is 46.8 Å². The summed E-state index contributed by atoms with van der Waals surface area (Å²) in [6, 6.07) is 9.99. The fourth-order valence-electron chi connectivity index (χ4n) is 3.13. The van der Waals surface area contributed by atoms with Crippen LogP contribution in [0.5, 0.6) is 0 Å². The molecule has 1 heterocycles. The van der Waals surface area contributed by atoms with Gasteiger partial charge in [-0.15, -0.1) is 0 Å². The Balaban J connectivity index is 1.82. The van der Waals surface area contributed by atoms with Crippen LogP contribution in [0, 0.1) is 21.8 Å². The third-order valence-electron chi connectivity index (χ3n) is 4.55. The quantitative estimate of drug-likeness (QED) is 0.443. The Morgan fingerprint density at radius 2 is 1.89 bits per heavy atom. The van der Waals surface area contributed by atoms with E-state index in [9.17, 15) is 27.7 Å². The average molecular weight is 392 g/mol. The number of hydrogen-bond acceptors (Lipinski definition) is 5. The molecule has 1 fully saturated rings. The van der Waals surface area contributed by atoms with Crippen LogP contribution in [0.25, 0.3) is 0 Å². The third kappa shape index (κ3) is 4.04. The van der Waals surface area contributed by atoms with Gasteiger partial charge >= 0.3 is 0 Å². The molecule has 9 heteroatoms. The van der Waals surface area contributed by atoms with Crippen molar-refractivity contribution in [3.8, 4) is 0 Å². The van der Waals surface area contributed by atoms with E-state index in [2.05, 4.69) is 0 Å². The van der Waals surface area contributed by atoms with Crippen LogP contribution in [0.2, 0.25) is 0 Å². The number of ketones is 1. The number of nitro benzene ring substituents is 1. The van der Waals surface area contributed by atoms with Crippen LogP contribution >= 0.6 is 0 Å². The topological polar surface area (TPSA) is 97.6 Å². The van der Waals surface area contributed by atoms with Crippen molar-refractivity contribution in [2.45, 2.75) is 17.7 Å². The molecule has 2 aromatic carbocycles. The zero-order chi connectivity index (χ0) is 19.6. The lowest BCUT2D eigenvalue weighted by Crippen LogP contribution is -2.42. The monoisotopic (exact) mass is 392 g/mol. The summed E-state index contributed by atoms with van der Waals surface area (Å²) in [5.74, 6) is -1.24. The Kier molecular flexibility index (Phi) is 5.33. The standard InChI is InChI=1S/C18H17FN2O5S/c19-15-8-6-13(7-9-15)18(22)14-3-2-10-20(12-14)27(25,26)17-5-1-4-16(11-17)21(23)24/h1,4-9,11,14H,2-3,10,12H2. The van der Waals surface area contributed by atoms with Crippen LogP contribution < -0.4 is 0 Å². The second-order valence-electron chi connectivity index (χ2n) is 6.33. The van der Waals surface area contributed by atoms with Gasteiger partial charge in [0.1, 0.15) is 5.82 Å². The first-order valence-corrected chi connectivity index (χ1v) is 9.77. The molecular formula is C18H17FN2O5S. The first kappa shape index (κ1) is 19.1. The molecule has 0 aromatic heterocycles. The van der Waals surface area contributed by atoms with Crippen molar-refractivity contribution in [3.05, 3.63) is 70.0 Å². The molecule has 1 aliphatic rings. The molecule has 3 rings (SSSR count). The summed E-state index contributed by atoms with van der Waals surface area (Å²) in [5.41, 5.74) is 0.0167. The number of benzene rings is 2. The molecule has 27 heavy (non-hydrogen) atoms. The molecule has 7 nitrogen and oxygen atoms in total. The predicted octanol–water partition coefficient (Wildman–Crippen LogP) is 3.02. The summed E-state index contributed by atoms with van der Waals surface area (Å²) in [6.45, 7) is 0.222. The van der Waals surface area contributed by atoms with Crippen molar-refractivity contribution in [2.75, 3.05) is 13.1 Å². The Bertz CT molecular complexity index is 976. The number of piperidine rings is 1. The molecule has 2 aromatic rings. The summed E-state index contributed by atoms with van der Waals surface area (Å²) in [7, 11) is -3.96. The summed E-state index contributed by atoms with van der Waals surface area (Å²) in [4.78, 5) is 22.7. The Morgan fingerprint density at radius 1 is 1.19 bits per heavy atom. The van der Waals surface area contributed by atoms with E-state index >= 15 is 0 Å². The molecule has 1 unspecified atom stereocenters. The second-order valence-corrected chi connectivity index (χ2v) is 8.27. The Morgan fingerprint density at radius 3 is 2.56 bits per heavy atom. The van der Waals surface area contributed by atoms with E-state index in [1.54, 1.807) is 0 Å². The lowest BCUT2D eigenvalue weighted by Gasteiger charge is -2.31. The van der Waals surface area contributed by atoms with E-state index in [1.807, 2.05) is 0 Å². The lowest BCUT2D eigenvalue weighted by atomic mass is 9.91. The molecule has 0 N–H and O–H groups in total. The normalized spacial score (nSPS) is 18.2. The zero-order valence-electron chi connectivity index (χ0n) is 14.2. The van der Waals surface area contributed by atoms with Crippen molar-refractivity contribution in [3.63, 3.8) is 0 Å². The van der Waals surface area contributed by atoms with Crippen molar-refractivity contribution in [1.29, 1.82) is 0 Å². The van der Waals surface area contributed by atoms with E-state index in [-0.39, 0.29) is 29.5 Å². The van der Waals surface area contributed by atoms with E-state index < -0.39 is 26.7 Å². The molecule has 0 saturated carbocycles. The summed E-state index contributed by atoms with van der Waals surface area (Å²) in [5, 5.41) is 10.9. The molecule has 142 valence electrons. The predicted molar refractivity (Wildman–Crippen MR) is 95.3 cm³/mol. The number of carbonyl (C=O) groups excluding carboxylic acids is 1. The minimum absolute atomic E-state index is 0.0127. The van der Waals surface area contributed by atoms with Crippen LogP contribution in [0.4, 0.5) is 10.1 Å². The average Bonchev–Trinajstić information content (AvgIpc) is 2.68. The second kappa shape index (κ2) is 7.53. The SMILES string of the molecule is O=C(c1ccc(F)cc1)C1CCCN(S(=O)(=O)c2cccc([N+](=O)[O-])c2)C1. The van der Waals surface area contributed by atoms with Crippen LogP contribution in [-0.4, -0.2) is 36.5 Å². The highest BCUT2D eigenvalue weighted by molar-refractivity contribution is 7.89. The number of hydrogen-bond donors (Lipinski definition) is 0. The summed E-state index contributed by atoms with van der Waals surface area (Å²) in [6.07, 6.45) is 1.02. The first-order chi connectivity index (χ1) is 12.8. The van der Waals surface area contributed by atoms with Crippen molar-refractivity contribution in [2.24, 2.45) is 5.92 Å². The van der Waals surface area contributed by atoms with Crippen LogP contribution in [0.3, 0.4) is 0 Å². The maximum Gasteiger partial charge on any atom is 0.270 e. The van der Waals surface area contributed by atoms with Gasteiger partial charge in [-0.1, -0.05) is 6.07 Å². The smallest absolute Gasteiger partial charge is 0.270 e. The molecule has 1 atom stereocenters. The van der Waals surface area contributed by atoms with E-state index in [0.717, 1.165) is 6.07 Å². The highest BCUT2D eigenvalue weighted by Crippen LogP contribution is 2.27. The zero-order valence-corrected chi connectivity index (χ0v) is 15.1. The van der Waals surface area contributed by atoms with Crippen molar-refractivity contribution < 1.29 is 22.5 Å². The fourth-order valence-corrected chi connectivity index (χ4v) is 4.70. The number of rotatable bonds is 5. The maximum absolute atomic E-state index is 13.0. The van der Waals surface area contributed by atoms with Gasteiger partial charge < -0.3 is 0 Å². The molecule has 1 aliphatic heterocycles. The maximum atomic E-state index is 13.0. The number of carbonyl (C=O) groups is 1. The van der Waals surface area contributed by atoms with Gasteiger partial charge in [0.15, 0.2) is 5.78 Å². The molecule has 0 bridgehead atoms. The molecule has 0 amide bonds. The Labute approximate surface area is 155 Å². The van der Waals surface area contributed by atoms with E-state index in [0.29, 0.717) is 18.4 Å². The third-order valence-corrected chi connectivity index (χ3v) is 6.41. The fraction of sp³-hybridized carbons (Fsp3) is 0.278. The molecular weight excluding hydrogens is 375 g/mol. The van der Waals surface area contributed by atoms with Gasteiger partial charge in [0.05, 0.1) is 9.82 Å². The Hall–Kier alpha value is -2.65. The van der Waals surface area contributed by atoms with Crippen molar-refractivity contribution >= 4 is 21.5 Å². The van der Waals surface area contributed by atoms with Crippen LogP contribution in [0.1, 0.15) is 23.2 Å². The molecule has 0 radical (unpaired) electrons. The van der Waals surface area contributed by atoms with Gasteiger partial charge in [-0.3, -0.25) is 14.9 Å². The highest BCUT2D eigenvalue weighted by atomic mass is 32.2. The van der Waals surface area contributed by atoms with Gasteiger partial charge in [-0.25, -0.2) is 12.8 Å². The minimum Gasteiger partial charge on any atom is -0.294 e. The largest absolute Gasteiger partial charge is 0.294 e. The van der Waals surface area contributed by atoms with Gasteiger partial charge in [-0.05, 0) is 43.2 Å². The molecule has 0 spiro atoms. The summed E-state index contributed by atoms with van der Waals surface area (Å²) >= 11 is 0. The van der Waals surface area contributed by atoms with Gasteiger partial charge in [0, 0.05) is 36.7 Å². The molecule has 0 aliphatic carbocycles. The highest BCUT2D eigenvalue weighted by Gasteiger charge is 2.34. The number of non-ortho nitro benzene ring substituents is 1. The lowest BCUT2D eigenvalue weighted by molar-refractivity contribution is -0.385. The number of nitrogens with zero attached hydrogens (tertiary/aromatic N) is 2. The van der Waals surface area contributed by atoms with Gasteiger partial charge in [-0.2, -0.15) is 4.31 Å². The van der Waals surface area contributed by atoms with Crippen molar-refractivity contribution in [1.82, 2.24) is 4.31 Å². The van der Waals surface area contributed by atoms with E-state index in [4.69, 9.17) is 0 Å². The number of sulfonamides is 1. The number of Topliss-reactive ketones (excluding diaryl/α,β-unsaturated/α-hetero) is 1. The summed E-state index contributed by atoms with van der Waals surface area (Å²) < 4.78 is 39.9. The van der Waals surface area contributed by atoms with Crippen LogP contribution in [0.15, 0.2) is 53.4 Å². The first-order valence-electron chi connectivity index (χ1n) is 8.33. The minimum atomic E-state index is -3.96. The number of halogens is 1. The van der Waals surface area contributed by atoms with Gasteiger partial charge in [0.2, 0.25) is 10.0 Å². The van der Waals surface area contributed by atoms with Gasteiger partial charge in [0.25, 0.3) is 5.69 Å².